The lowest BCUT2D eigenvalue weighted by atomic mass is 9.99. The first-order valence-electron chi connectivity index (χ1n) is 9.03. The maximum Gasteiger partial charge on any atom is 0.418 e. The molecule has 0 aliphatic carbocycles. The Bertz CT molecular complexity index is 1140. The summed E-state index contributed by atoms with van der Waals surface area (Å²) >= 11 is 0. The highest BCUT2D eigenvalue weighted by molar-refractivity contribution is 5.96. The first-order chi connectivity index (χ1) is 13.3. The van der Waals surface area contributed by atoms with Crippen LogP contribution in [-0.2, 0) is 12.7 Å². The summed E-state index contributed by atoms with van der Waals surface area (Å²) < 4.78 is 42.4. The van der Waals surface area contributed by atoms with Gasteiger partial charge in [0.25, 0.3) is 0 Å². The van der Waals surface area contributed by atoms with E-state index in [1.807, 2.05) is 62.4 Å². The van der Waals surface area contributed by atoms with Crippen molar-refractivity contribution in [3.8, 4) is 11.3 Å². The third-order valence-corrected chi connectivity index (χ3v) is 4.89. The van der Waals surface area contributed by atoms with Gasteiger partial charge in [-0.2, -0.15) is 18.3 Å². The van der Waals surface area contributed by atoms with Crippen LogP contribution in [0.2, 0.25) is 0 Å². The quantitative estimate of drug-likeness (QED) is 0.403. The van der Waals surface area contributed by atoms with Crippen molar-refractivity contribution in [2.24, 2.45) is 0 Å². The first-order valence-corrected chi connectivity index (χ1v) is 9.03. The second-order valence-electron chi connectivity index (χ2n) is 7.01. The molecule has 3 aromatic carbocycles. The SMILES string of the molecule is Cc1ccc(-c2c3cccc(C(F)(F)F)c3nn2Cc2ccccc2)c(C)c1. The van der Waals surface area contributed by atoms with Crippen LogP contribution in [0.3, 0.4) is 0 Å². The average Bonchev–Trinajstić information content (AvgIpc) is 2.99. The van der Waals surface area contributed by atoms with Gasteiger partial charge < -0.3 is 0 Å². The topological polar surface area (TPSA) is 17.8 Å². The van der Waals surface area contributed by atoms with Gasteiger partial charge in [-0.3, -0.25) is 4.68 Å². The van der Waals surface area contributed by atoms with Crippen molar-refractivity contribution in [3.63, 3.8) is 0 Å². The van der Waals surface area contributed by atoms with Gasteiger partial charge in [-0.1, -0.05) is 66.2 Å². The fourth-order valence-corrected chi connectivity index (χ4v) is 3.62. The summed E-state index contributed by atoms with van der Waals surface area (Å²) in [7, 11) is 0. The van der Waals surface area contributed by atoms with Gasteiger partial charge in [-0.05, 0) is 31.0 Å². The Morgan fingerprint density at radius 3 is 2.32 bits per heavy atom. The molecule has 4 rings (SSSR count). The number of rotatable bonds is 3. The van der Waals surface area contributed by atoms with E-state index in [0.717, 1.165) is 28.3 Å². The van der Waals surface area contributed by atoms with Crippen LogP contribution < -0.4 is 0 Å². The molecule has 0 amide bonds. The number of fused-ring (bicyclic) bond motifs is 1. The van der Waals surface area contributed by atoms with Gasteiger partial charge in [0, 0.05) is 10.9 Å². The molecule has 4 aromatic rings. The van der Waals surface area contributed by atoms with Crippen molar-refractivity contribution in [3.05, 3.63) is 89.0 Å². The number of aryl methyl sites for hydroxylation is 2. The average molecular weight is 380 g/mol. The summed E-state index contributed by atoms with van der Waals surface area (Å²) in [5, 5.41) is 4.92. The van der Waals surface area contributed by atoms with Crippen molar-refractivity contribution in [1.82, 2.24) is 9.78 Å². The lowest BCUT2D eigenvalue weighted by Crippen LogP contribution is -2.07. The van der Waals surface area contributed by atoms with Gasteiger partial charge in [0.2, 0.25) is 0 Å². The maximum absolute atomic E-state index is 13.6. The number of nitrogens with zero attached hydrogens (tertiary/aromatic N) is 2. The predicted molar refractivity (Wildman–Crippen MR) is 105 cm³/mol. The normalized spacial score (nSPS) is 11.9. The highest BCUT2D eigenvalue weighted by atomic mass is 19.4. The number of halogens is 3. The molecule has 142 valence electrons. The number of hydrogen-bond acceptors (Lipinski definition) is 1. The van der Waals surface area contributed by atoms with Crippen LogP contribution in [0.15, 0.2) is 66.7 Å². The van der Waals surface area contributed by atoms with Gasteiger partial charge in [0.1, 0.15) is 5.52 Å². The molecule has 0 saturated carbocycles. The molecule has 0 spiro atoms. The van der Waals surface area contributed by atoms with Crippen LogP contribution in [0.4, 0.5) is 13.2 Å². The van der Waals surface area contributed by atoms with E-state index in [9.17, 15) is 13.2 Å². The van der Waals surface area contributed by atoms with E-state index >= 15 is 0 Å². The van der Waals surface area contributed by atoms with Crippen LogP contribution >= 0.6 is 0 Å². The van der Waals surface area contributed by atoms with E-state index in [0.29, 0.717) is 17.6 Å². The minimum Gasteiger partial charge on any atom is -0.259 e. The molecule has 0 atom stereocenters. The molecule has 0 radical (unpaired) electrons. The fraction of sp³-hybridized carbons (Fsp3) is 0.174. The Balaban J connectivity index is 2.01. The highest BCUT2D eigenvalue weighted by Crippen LogP contribution is 2.39. The molecule has 0 aliphatic rings. The summed E-state index contributed by atoms with van der Waals surface area (Å²) in [6, 6.07) is 19.9. The van der Waals surface area contributed by atoms with E-state index in [1.54, 1.807) is 10.7 Å². The standard InChI is InChI=1S/C23H19F3N2/c1-15-11-12-18(16(2)13-15)22-19-9-6-10-20(23(24,25)26)21(19)27-28(22)14-17-7-4-3-5-8-17/h3-13H,14H2,1-2H3. The van der Waals surface area contributed by atoms with Crippen molar-refractivity contribution < 1.29 is 13.2 Å². The smallest absolute Gasteiger partial charge is 0.259 e. The minimum absolute atomic E-state index is 0.0130. The zero-order chi connectivity index (χ0) is 19.9. The number of benzene rings is 3. The molecule has 2 nitrogen and oxygen atoms in total. The summed E-state index contributed by atoms with van der Waals surface area (Å²) in [5.41, 5.74) is 3.98. The third-order valence-electron chi connectivity index (χ3n) is 4.89. The van der Waals surface area contributed by atoms with E-state index < -0.39 is 11.7 Å². The number of hydrogen-bond donors (Lipinski definition) is 0. The predicted octanol–water partition coefficient (Wildman–Crippen LogP) is 6.39. The first kappa shape index (κ1) is 18.3. The summed E-state index contributed by atoms with van der Waals surface area (Å²) in [4.78, 5) is 0. The lowest BCUT2D eigenvalue weighted by molar-refractivity contribution is -0.136. The maximum atomic E-state index is 13.6. The molecular formula is C23H19F3N2. The van der Waals surface area contributed by atoms with Crippen molar-refractivity contribution in [2.75, 3.05) is 0 Å². The number of alkyl halides is 3. The molecule has 0 bridgehead atoms. The van der Waals surface area contributed by atoms with Gasteiger partial charge >= 0.3 is 6.18 Å². The van der Waals surface area contributed by atoms with Gasteiger partial charge in [0.05, 0.1) is 17.8 Å². The van der Waals surface area contributed by atoms with Crippen LogP contribution in [0.25, 0.3) is 22.2 Å². The summed E-state index contributed by atoms with van der Waals surface area (Å²) in [5.74, 6) is 0. The molecule has 5 heteroatoms. The Morgan fingerprint density at radius 1 is 0.893 bits per heavy atom. The number of aromatic nitrogens is 2. The fourth-order valence-electron chi connectivity index (χ4n) is 3.62. The summed E-state index contributed by atoms with van der Waals surface area (Å²) in [6.07, 6.45) is -4.45. The molecule has 0 N–H and O–H groups in total. The molecule has 28 heavy (non-hydrogen) atoms. The van der Waals surface area contributed by atoms with Crippen molar-refractivity contribution in [1.29, 1.82) is 0 Å². The van der Waals surface area contributed by atoms with Crippen molar-refractivity contribution in [2.45, 2.75) is 26.6 Å². The Hall–Kier alpha value is -3.08. The molecule has 0 fully saturated rings. The van der Waals surface area contributed by atoms with Gasteiger partial charge in [-0.15, -0.1) is 0 Å². The zero-order valence-electron chi connectivity index (χ0n) is 15.6. The lowest BCUT2D eigenvalue weighted by Gasteiger charge is -2.11. The second-order valence-corrected chi connectivity index (χ2v) is 7.01. The Kier molecular flexibility index (Phi) is 4.46. The summed E-state index contributed by atoms with van der Waals surface area (Å²) in [6.45, 7) is 4.37. The second kappa shape index (κ2) is 6.82. The van der Waals surface area contributed by atoms with Crippen LogP contribution in [0, 0.1) is 13.8 Å². The van der Waals surface area contributed by atoms with E-state index in [-0.39, 0.29) is 5.52 Å². The van der Waals surface area contributed by atoms with E-state index in [2.05, 4.69) is 5.10 Å². The minimum atomic E-state index is -4.45. The van der Waals surface area contributed by atoms with Gasteiger partial charge in [0.15, 0.2) is 0 Å². The van der Waals surface area contributed by atoms with Crippen LogP contribution in [-0.4, -0.2) is 9.78 Å². The zero-order valence-corrected chi connectivity index (χ0v) is 15.6. The molecule has 1 heterocycles. The van der Waals surface area contributed by atoms with Crippen LogP contribution in [0.5, 0.6) is 0 Å². The van der Waals surface area contributed by atoms with Gasteiger partial charge in [-0.25, -0.2) is 0 Å². The molecule has 0 aliphatic heterocycles. The third kappa shape index (κ3) is 3.28. The highest BCUT2D eigenvalue weighted by Gasteiger charge is 2.34. The van der Waals surface area contributed by atoms with Crippen molar-refractivity contribution >= 4 is 10.9 Å². The van der Waals surface area contributed by atoms with E-state index in [4.69, 9.17) is 0 Å². The molecular weight excluding hydrogens is 361 g/mol. The monoisotopic (exact) mass is 380 g/mol. The largest absolute Gasteiger partial charge is 0.418 e. The Labute approximate surface area is 161 Å². The van der Waals surface area contributed by atoms with Crippen LogP contribution in [0.1, 0.15) is 22.3 Å². The molecule has 0 unspecified atom stereocenters. The van der Waals surface area contributed by atoms with E-state index in [1.165, 1.54) is 6.07 Å². The Morgan fingerprint density at radius 2 is 1.64 bits per heavy atom. The molecule has 1 aromatic heterocycles. The molecule has 0 saturated heterocycles.